The molecule has 0 fully saturated rings. The van der Waals surface area contributed by atoms with E-state index in [0.29, 0.717) is 10.9 Å². The largest absolute Gasteiger partial charge is 0.504 e. The molecule has 2 aliphatic rings. The molecule has 0 amide bonds. The maximum atomic E-state index is 11.8. The lowest BCUT2D eigenvalue weighted by molar-refractivity contribution is 0.397. The van der Waals surface area contributed by atoms with Crippen molar-refractivity contribution in [3.05, 3.63) is 40.1 Å². The van der Waals surface area contributed by atoms with Crippen LogP contribution < -0.4 is 5.43 Å². The fourth-order valence-electron chi connectivity index (χ4n) is 3.33. The molecule has 5 nitrogen and oxygen atoms in total. The maximum absolute atomic E-state index is 11.8. The van der Waals surface area contributed by atoms with E-state index in [-0.39, 0.29) is 23.0 Å². The van der Waals surface area contributed by atoms with Gasteiger partial charge in [-0.15, -0.1) is 0 Å². The van der Waals surface area contributed by atoms with Crippen molar-refractivity contribution in [2.24, 2.45) is 0 Å². The minimum absolute atomic E-state index is 0.0421. The van der Waals surface area contributed by atoms with Gasteiger partial charge in [0.25, 0.3) is 0 Å². The van der Waals surface area contributed by atoms with Crippen LogP contribution in [0.4, 0.5) is 0 Å². The molecular weight excluding hydrogens is 308 g/mol. The number of hydrogen-bond acceptors (Lipinski definition) is 5. The molecule has 1 unspecified atom stereocenters. The first-order chi connectivity index (χ1) is 11.5. The summed E-state index contributed by atoms with van der Waals surface area (Å²) in [7, 11) is 0. The van der Waals surface area contributed by atoms with Gasteiger partial charge in [0.05, 0.1) is 0 Å². The smallest absolute Gasteiger partial charge is 0.224 e. The van der Waals surface area contributed by atoms with Crippen molar-refractivity contribution in [2.75, 3.05) is 0 Å². The Morgan fingerprint density at radius 2 is 1.79 bits per heavy atom. The first-order valence-corrected chi connectivity index (χ1v) is 8.12. The quantitative estimate of drug-likeness (QED) is 0.490. The summed E-state index contributed by atoms with van der Waals surface area (Å²) in [6, 6.07) is 6.09. The molecule has 1 atom stereocenters. The van der Waals surface area contributed by atoms with Crippen molar-refractivity contribution in [1.82, 2.24) is 0 Å². The van der Waals surface area contributed by atoms with Gasteiger partial charge >= 0.3 is 0 Å². The standard InChI is InChI=1S/C19H20O5/c1-3-5-10(4-2)15-11-6-8-13(20)16(22)18(11)24-19-12(15)7-9-14(21)17(19)23/h6-10,20,22-23H,3-5H2,1-2H3. The molecule has 5 heteroatoms. The summed E-state index contributed by atoms with van der Waals surface area (Å²) in [5, 5.41) is 30.8. The molecule has 0 bridgehead atoms. The van der Waals surface area contributed by atoms with Gasteiger partial charge in [-0.3, -0.25) is 4.79 Å². The molecule has 3 N–H and O–H groups in total. The van der Waals surface area contributed by atoms with Crippen molar-refractivity contribution < 1.29 is 19.7 Å². The molecule has 0 spiro atoms. The predicted molar refractivity (Wildman–Crippen MR) is 92.0 cm³/mol. The molecule has 1 aliphatic heterocycles. The van der Waals surface area contributed by atoms with Gasteiger partial charge in [-0.1, -0.05) is 20.3 Å². The highest BCUT2D eigenvalue weighted by atomic mass is 16.4. The minimum Gasteiger partial charge on any atom is -0.504 e. The topological polar surface area (TPSA) is 90.9 Å². The fraction of sp³-hybridized carbons (Fsp3) is 0.316. The van der Waals surface area contributed by atoms with Crippen LogP contribution in [-0.4, -0.2) is 15.3 Å². The van der Waals surface area contributed by atoms with Gasteiger partial charge in [-0.2, -0.15) is 0 Å². The molecule has 1 heterocycles. The number of rotatable bonds is 4. The number of aromatic hydroxyl groups is 3. The number of hydrogen-bond donors (Lipinski definition) is 3. The summed E-state index contributed by atoms with van der Waals surface area (Å²) >= 11 is 0. The van der Waals surface area contributed by atoms with Crippen molar-refractivity contribution in [1.29, 1.82) is 0 Å². The number of benzene rings is 2. The highest BCUT2D eigenvalue weighted by Crippen LogP contribution is 2.46. The van der Waals surface area contributed by atoms with Gasteiger partial charge in [0, 0.05) is 10.9 Å². The van der Waals surface area contributed by atoms with Gasteiger partial charge in [-0.25, -0.2) is 0 Å². The van der Waals surface area contributed by atoms with Crippen molar-refractivity contribution in [3.8, 4) is 28.6 Å². The fourth-order valence-corrected chi connectivity index (χ4v) is 3.33. The van der Waals surface area contributed by atoms with E-state index in [9.17, 15) is 20.1 Å². The van der Waals surface area contributed by atoms with Gasteiger partial charge in [0.15, 0.2) is 17.1 Å². The zero-order chi connectivity index (χ0) is 17.4. The molecule has 24 heavy (non-hydrogen) atoms. The van der Waals surface area contributed by atoms with Crippen LogP contribution in [0.15, 0.2) is 33.5 Å². The Hall–Kier alpha value is -2.69. The van der Waals surface area contributed by atoms with Crippen molar-refractivity contribution >= 4 is 11.0 Å². The summed E-state index contributed by atoms with van der Waals surface area (Å²) in [6.45, 7) is 4.17. The Morgan fingerprint density at radius 3 is 2.46 bits per heavy atom. The summed E-state index contributed by atoms with van der Waals surface area (Å²) in [5.74, 6) is -0.960. The second kappa shape index (κ2) is 6.07. The molecule has 0 saturated carbocycles. The van der Waals surface area contributed by atoms with E-state index in [4.69, 9.17) is 4.42 Å². The second-order valence-corrected chi connectivity index (χ2v) is 6.01. The molecule has 1 aromatic carbocycles. The Morgan fingerprint density at radius 1 is 1.04 bits per heavy atom. The van der Waals surface area contributed by atoms with Gasteiger partial charge in [0.2, 0.25) is 16.9 Å². The van der Waals surface area contributed by atoms with Gasteiger partial charge < -0.3 is 19.7 Å². The minimum atomic E-state index is -0.542. The molecule has 1 aromatic rings. The van der Waals surface area contributed by atoms with Crippen LogP contribution in [0.5, 0.6) is 17.2 Å². The van der Waals surface area contributed by atoms with Gasteiger partial charge in [0.1, 0.15) is 0 Å². The first kappa shape index (κ1) is 16.2. The average molecular weight is 328 g/mol. The highest BCUT2D eigenvalue weighted by Gasteiger charge is 2.26. The van der Waals surface area contributed by atoms with Crippen LogP contribution in [-0.2, 0) is 0 Å². The van der Waals surface area contributed by atoms with E-state index in [2.05, 4.69) is 13.8 Å². The van der Waals surface area contributed by atoms with E-state index in [1.807, 2.05) is 0 Å². The average Bonchev–Trinajstić information content (AvgIpc) is 2.58. The second-order valence-electron chi connectivity index (χ2n) is 6.01. The summed E-state index contributed by atoms with van der Waals surface area (Å²) in [6.07, 6.45) is 2.76. The Kier molecular flexibility index (Phi) is 4.09. The van der Waals surface area contributed by atoms with E-state index in [0.717, 1.165) is 24.8 Å². The first-order valence-electron chi connectivity index (χ1n) is 8.12. The molecule has 3 rings (SSSR count). The van der Waals surface area contributed by atoms with Crippen LogP contribution >= 0.6 is 0 Å². The zero-order valence-corrected chi connectivity index (χ0v) is 13.7. The Bertz CT molecular complexity index is 925. The summed E-state index contributed by atoms with van der Waals surface area (Å²) in [4.78, 5) is 11.8. The Labute approximate surface area is 139 Å². The third kappa shape index (κ3) is 2.37. The lowest BCUT2D eigenvalue weighted by Crippen LogP contribution is -2.06. The Balaban J connectivity index is 2.51. The van der Waals surface area contributed by atoms with Crippen LogP contribution in [0.2, 0.25) is 0 Å². The number of phenols is 3. The van der Waals surface area contributed by atoms with E-state index < -0.39 is 16.9 Å². The van der Waals surface area contributed by atoms with E-state index >= 15 is 0 Å². The lowest BCUT2D eigenvalue weighted by Gasteiger charge is -2.22. The monoisotopic (exact) mass is 328 g/mol. The molecule has 1 aliphatic carbocycles. The normalized spacial score (nSPS) is 12.8. The maximum Gasteiger partial charge on any atom is 0.224 e. The third-order valence-corrected chi connectivity index (χ3v) is 4.53. The summed E-state index contributed by atoms with van der Waals surface area (Å²) in [5.41, 5.74) is 1.11. The van der Waals surface area contributed by atoms with Crippen LogP contribution in [0.25, 0.3) is 22.3 Å². The number of fused-ring (bicyclic) bond motifs is 2. The van der Waals surface area contributed by atoms with E-state index in [1.165, 1.54) is 12.1 Å². The van der Waals surface area contributed by atoms with Crippen LogP contribution in [0.3, 0.4) is 0 Å². The summed E-state index contributed by atoms with van der Waals surface area (Å²) < 4.78 is 5.62. The molecule has 126 valence electrons. The zero-order valence-electron chi connectivity index (χ0n) is 13.7. The van der Waals surface area contributed by atoms with Crippen molar-refractivity contribution in [2.45, 2.75) is 39.0 Å². The molecule has 0 aromatic heterocycles. The number of phenolic OH excluding ortho intramolecular Hbond substituents is 3. The molecular formula is C19H20O5. The predicted octanol–water partition coefficient (Wildman–Crippen LogP) is 4.31. The van der Waals surface area contributed by atoms with Crippen LogP contribution in [0.1, 0.15) is 44.6 Å². The molecule has 0 radical (unpaired) electrons. The van der Waals surface area contributed by atoms with Crippen molar-refractivity contribution in [3.63, 3.8) is 0 Å². The highest BCUT2D eigenvalue weighted by molar-refractivity contribution is 5.94. The van der Waals surface area contributed by atoms with Crippen LogP contribution in [0, 0.1) is 0 Å². The molecule has 0 saturated heterocycles. The SMILES string of the molecule is CCCC(CC)c1c2ccc(=O)c(O)c-2oc2c(O)c(O)ccc12. The van der Waals surface area contributed by atoms with Gasteiger partial charge in [-0.05, 0) is 48.6 Å². The van der Waals surface area contributed by atoms with E-state index in [1.54, 1.807) is 12.1 Å². The third-order valence-electron chi connectivity index (χ3n) is 4.53. The lowest BCUT2D eigenvalue weighted by atomic mass is 9.85.